The highest BCUT2D eigenvalue weighted by atomic mass is 16.5. The summed E-state index contributed by atoms with van der Waals surface area (Å²) in [5.74, 6) is 0.615. The van der Waals surface area contributed by atoms with Gasteiger partial charge in [-0.15, -0.1) is 0 Å². The Morgan fingerprint density at radius 3 is 2.34 bits per heavy atom. The molecule has 2 rings (SSSR count). The summed E-state index contributed by atoms with van der Waals surface area (Å²) in [4.78, 5) is 24.2. The molecule has 0 aliphatic rings. The summed E-state index contributed by atoms with van der Waals surface area (Å²) in [6.07, 6.45) is 3.04. The van der Waals surface area contributed by atoms with Crippen molar-refractivity contribution >= 4 is 23.6 Å². The molecule has 6 heteroatoms. The molecular formula is C23H28N2O4. The van der Waals surface area contributed by atoms with E-state index in [0.717, 1.165) is 27.9 Å². The quantitative estimate of drug-likeness (QED) is 0.666. The van der Waals surface area contributed by atoms with Gasteiger partial charge in [-0.1, -0.05) is 23.8 Å². The van der Waals surface area contributed by atoms with Crippen molar-refractivity contribution in [3.63, 3.8) is 0 Å². The fraction of sp³-hybridized carbons (Fsp3) is 0.304. The first-order valence-electron chi connectivity index (χ1n) is 9.48. The number of methoxy groups -OCH3 is 1. The number of rotatable bonds is 8. The van der Waals surface area contributed by atoms with Crippen LogP contribution in [-0.2, 0) is 9.59 Å². The average Bonchev–Trinajstić information content (AvgIpc) is 2.68. The predicted molar refractivity (Wildman–Crippen MR) is 115 cm³/mol. The lowest BCUT2D eigenvalue weighted by atomic mass is 10.1. The molecule has 6 nitrogen and oxygen atoms in total. The zero-order valence-corrected chi connectivity index (χ0v) is 17.6. The first-order chi connectivity index (χ1) is 13.8. The van der Waals surface area contributed by atoms with Gasteiger partial charge in [0.2, 0.25) is 11.8 Å². The molecule has 0 saturated carbocycles. The molecule has 2 aromatic carbocycles. The number of carbonyl (C=O) groups excluding carboxylic acids is 2. The standard InChI is InChI=1S/C23H28N2O4/c1-6-29-20-13-18(7-9-19(20)28-5)8-10-21(26)24-14-22(27)25-23-16(3)11-15(2)12-17(23)4/h7-13H,6,14H2,1-5H3,(H,24,26)(H,25,27). The van der Waals surface area contributed by atoms with Crippen LogP contribution in [0.25, 0.3) is 6.08 Å². The predicted octanol–water partition coefficient (Wildman–Crippen LogP) is 3.79. The van der Waals surface area contributed by atoms with Gasteiger partial charge in [-0.3, -0.25) is 9.59 Å². The van der Waals surface area contributed by atoms with Crippen molar-refractivity contribution in [3.05, 3.63) is 58.7 Å². The molecule has 0 aromatic heterocycles. The maximum atomic E-state index is 12.2. The second-order valence-electron chi connectivity index (χ2n) is 6.72. The first kappa shape index (κ1) is 22.0. The molecule has 0 aliphatic heterocycles. The molecule has 2 amide bonds. The van der Waals surface area contributed by atoms with Gasteiger partial charge < -0.3 is 20.1 Å². The molecule has 0 spiro atoms. The number of nitrogens with one attached hydrogen (secondary N) is 2. The van der Waals surface area contributed by atoms with E-state index in [2.05, 4.69) is 10.6 Å². The highest BCUT2D eigenvalue weighted by Crippen LogP contribution is 2.28. The summed E-state index contributed by atoms with van der Waals surface area (Å²) >= 11 is 0. The monoisotopic (exact) mass is 396 g/mol. The fourth-order valence-electron chi connectivity index (χ4n) is 3.02. The summed E-state index contributed by atoms with van der Waals surface area (Å²) in [6.45, 7) is 8.20. The highest BCUT2D eigenvalue weighted by molar-refractivity contribution is 5.98. The zero-order valence-electron chi connectivity index (χ0n) is 17.6. The van der Waals surface area contributed by atoms with Crippen molar-refractivity contribution in [1.29, 1.82) is 0 Å². The van der Waals surface area contributed by atoms with Gasteiger partial charge in [-0.05, 0) is 62.6 Å². The number of benzene rings is 2. The summed E-state index contributed by atoms with van der Waals surface area (Å²) in [6, 6.07) is 9.41. The number of hydrogen-bond acceptors (Lipinski definition) is 4. The Bertz CT molecular complexity index is 896. The third-order valence-corrected chi connectivity index (χ3v) is 4.28. The third-order valence-electron chi connectivity index (χ3n) is 4.28. The van der Waals surface area contributed by atoms with Gasteiger partial charge in [0.1, 0.15) is 0 Å². The van der Waals surface area contributed by atoms with Gasteiger partial charge in [-0.2, -0.15) is 0 Å². The Hall–Kier alpha value is -3.28. The van der Waals surface area contributed by atoms with Crippen LogP contribution >= 0.6 is 0 Å². The molecule has 0 atom stereocenters. The maximum Gasteiger partial charge on any atom is 0.244 e. The van der Waals surface area contributed by atoms with E-state index in [4.69, 9.17) is 9.47 Å². The van der Waals surface area contributed by atoms with E-state index < -0.39 is 0 Å². The number of ether oxygens (including phenoxy) is 2. The van der Waals surface area contributed by atoms with Gasteiger partial charge in [0.05, 0.1) is 20.3 Å². The van der Waals surface area contributed by atoms with E-state index in [1.165, 1.54) is 6.08 Å². The van der Waals surface area contributed by atoms with Crippen LogP contribution in [0.5, 0.6) is 11.5 Å². The Morgan fingerprint density at radius 2 is 1.72 bits per heavy atom. The van der Waals surface area contributed by atoms with Gasteiger partial charge in [0, 0.05) is 11.8 Å². The lowest BCUT2D eigenvalue weighted by molar-refractivity contribution is -0.121. The molecule has 0 heterocycles. The molecule has 0 fully saturated rings. The Labute approximate surface area is 171 Å². The van der Waals surface area contributed by atoms with Crippen LogP contribution in [0.1, 0.15) is 29.2 Å². The van der Waals surface area contributed by atoms with Crippen LogP contribution in [0.2, 0.25) is 0 Å². The Kier molecular flexibility index (Phi) is 7.83. The van der Waals surface area contributed by atoms with Gasteiger partial charge in [0.15, 0.2) is 11.5 Å². The summed E-state index contributed by atoms with van der Waals surface area (Å²) in [7, 11) is 1.57. The molecule has 0 saturated heterocycles. The van der Waals surface area contributed by atoms with Crippen molar-refractivity contribution in [3.8, 4) is 11.5 Å². The Morgan fingerprint density at radius 1 is 1.03 bits per heavy atom. The molecular weight excluding hydrogens is 368 g/mol. The van der Waals surface area contributed by atoms with Crippen LogP contribution in [0, 0.1) is 20.8 Å². The van der Waals surface area contributed by atoms with Crippen molar-refractivity contribution in [1.82, 2.24) is 5.32 Å². The van der Waals surface area contributed by atoms with Gasteiger partial charge >= 0.3 is 0 Å². The van der Waals surface area contributed by atoms with Gasteiger partial charge in [-0.25, -0.2) is 0 Å². The molecule has 2 aromatic rings. The van der Waals surface area contributed by atoms with E-state index in [1.807, 2.05) is 45.9 Å². The van der Waals surface area contributed by atoms with Crippen molar-refractivity contribution < 1.29 is 19.1 Å². The van der Waals surface area contributed by atoms with Crippen LogP contribution in [0.3, 0.4) is 0 Å². The molecule has 0 bridgehead atoms. The minimum absolute atomic E-state index is 0.108. The van der Waals surface area contributed by atoms with Crippen LogP contribution in [0.15, 0.2) is 36.4 Å². The zero-order chi connectivity index (χ0) is 21.4. The molecule has 0 aliphatic carbocycles. The summed E-state index contributed by atoms with van der Waals surface area (Å²) in [5, 5.41) is 5.45. The van der Waals surface area contributed by atoms with Crippen LogP contribution in [0.4, 0.5) is 5.69 Å². The molecule has 2 N–H and O–H groups in total. The number of amides is 2. The highest BCUT2D eigenvalue weighted by Gasteiger charge is 2.09. The third kappa shape index (κ3) is 6.38. The largest absolute Gasteiger partial charge is 0.493 e. The normalized spacial score (nSPS) is 10.7. The van der Waals surface area contributed by atoms with Crippen LogP contribution < -0.4 is 20.1 Å². The Balaban J connectivity index is 1.93. The minimum Gasteiger partial charge on any atom is -0.493 e. The molecule has 154 valence electrons. The van der Waals surface area contributed by atoms with E-state index in [9.17, 15) is 9.59 Å². The van der Waals surface area contributed by atoms with Crippen molar-refractivity contribution in [2.75, 3.05) is 25.6 Å². The van der Waals surface area contributed by atoms with E-state index >= 15 is 0 Å². The first-order valence-corrected chi connectivity index (χ1v) is 9.48. The van der Waals surface area contributed by atoms with Crippen molar-refractivity contribution in [2.45, 2.75) is 27.7 Å². The summed E-state index contributed by atoms with van der Waals surface area (Å²) in [5.41, 5.74) is 4.70. The number of carbonyl (C=O) groups is 2. The average molecular weight is 396 g/mol. The number of hydrogen-bond donors (Lipinski definition) is 2. The fourth-order valence-corrected chi connectivity index (χ4v) is 3.02. The maximum absolute atomic E-state index is 12.2. The van der Waals surface area contributed by atoms with Crippen molar-refractivity contribution in [2.24, 2.45) is 0 Å². The number of aryl methyl sites for hydroxylation is 3. The lowest BCUT2D eigenvalue weighted by Crippen LogP contribution is -2.32. The number of anilines is 1. The van der Waals surface area contributed by atoms with E-state index in [0.29, 0.717) is 18.1 Å². The van der Waals surface area contributed by atoms with Gasteiger partial charge in [0.25, 0.3) is 0 Å². The van der Waals surface area contributed by atoms with E-state index in [1.54, 1.807) is 25.3 Å². The van der Waals surface area contributed by atoms with E-state index in [-0.39, 0.29) is 18.4 Å². The second kappa shape index (κ2) is 10.3. The molecule has 0 unspecified atom stereocenters. The topological polar surface area (TPSA) is 76.7 Å². The molecule has 29 heavy (non-hydrogen) atoms. The summed E-state index contributed by atoms with van der Waals surface area (Å²) < 4.78 is 10.8. The minimum atomic E-state index is -0.355. The lowest BCUT2D eigenvalue weighted by Gasteiger charge is -2.13. The SMILES string of the molecule is CCOc1cc(C=CC(=O)NCC(=O)Nc2c(C)cc(C)cc2C)ccc1OC. The smallest absolute Gasteiger partial charge is 0.244 e. The van der Waals surface area contributed by atoms with Crippen LogP contribution in [-0.4, -0.2) is 32.1 Å². The molecule has 0 radical (unpaired) electrons. The second-order valence-corrected chi connectivity index (χ2v) is 6.72.